The number of nitrogens with zero attached hydrogens (tertiary/aromatic N) is 3. The maximum absolute atomic E-state index is 12.4. The molecule has 174 valence electrons. The highest BCUT2D eigenvalue weighted by atomic mass is 16.5. The highest BCUT2D eigenvalue weighted by molar-refractivity contribution is 5.75. The molecule has 0 spiro atoms. The Balaban J connectivity index is 1.39. The number of ether oxygens (including phenoxy) is 1. The largest absolute Gasteiger partial charge is 0.497 e. The molecule has 7 nitrogen and oxygen atoms in total. The van der Waals surface area contributed by atoms with Gasteiger partial charge in [-0.3, -0.25) is 14.5 Å². The molecule has 1 saturated heterocycles. The van der Waals surface area contributed by atoms with E-state index in [1.165, 1.54) is 5.56 Å². The van der Waals surface area contributed by atoms with E-state index in [-0.39, 0.29) is 11.5 Å². The summed E-state index contributed by atoms with van der Waals surface area (Å²) < 4.78 is 5.25. The average molecular weight is 449 g/mol. The summed E-state index contributed by atoms with van der Waals surface area (Å²) in [7, 11) is 5.66. The molecule has 0 amide bonds. The Hall–Kier alpha value is -3.16. The second-order valence-electron chi connectivity index (χ2n) is 8.76. The van der Waals surface area contributed by atoms with Crippen LogP contribution in [0, 0.1) is 0 Å². The lowest BCUT2D eigenvalue weighted by Gasteiger charge is -2.37. The van der Waals surface area contributed by atoms with Crippen molar-refractivity contribution in [3.63, 3.8) is 0 Å². The number of hydrogen-bond donors (Lipinski definition) is 1. The van der Waals surface area contributed by atoms with Gasteiger partial charge in [0.15, 0.2) is 0 Å². The standard InChI is InChI=1S/C26H32N4O3/c1-28(2)22(20-9-11-21(33-3)12-10-20)17-27-23-24(26(32)25(23)31)30-15-13-29(14-16-30)18-19-7-5-4-6-8-19/h4-12,22,27H,13-18H2,1-3H3/t22-/m1/s1. The highest BCUT2D eigenvalue weighted by Crippen LogP contribution is 2.25. The topological polar surface area (TPSA) is 65.1 Å². The van der Waals surface area contributed by atoms with Crippen molar-refractivity contribution in [3.8, 4) is 5.75 Å². The van der Waals surface area contributed by atoms with E-state index in [4.69, 9.17) is 4.74 Å². The summed E-state index contributed by atoms with van der Waals surface area (Å²) in [5.74, 6) is 0.806. The van der Waals surface area contributed by atoms with Gasteiger partial charge in [0.25, 0.3) is 10.9 Å². The Morgan fingerprint density at radius 2 is 1.61 bits per heavy atom. The minimum Gasteiger partial charge on any atom is -0.497 e. The fourth-order valence-electron chi connectivity index (χ4n) is 4.44. The Labute approximate surface area is 194 Å². The van der Waals surface area contributed by atoms with Gasteiger partial charge in [0.1, 0.15) is 17.1 Å². The van der Waals surface area contributed by atoms with Crippen molar-refractivity contribution in [2.24, 2.45) is 0 Å². The molecule has 1 heterocycles. The lowest BCUT2D eigenvalue weighted by atomic mass is 10.0. The minimum absolute atomic E-state index is 0.0517. The molecular formula is C26H32N4O3. The van der Waals surface area contributed by atoms with E-state index in [9.17, 15) is 9.59 Å². The predicted octanol–water partition coefficient (Wildman–Crippen LogP) is 2.33. The van der Waals surface area contributed by atoms with Crippen LogP contribution in [-0.2, 0) is 6.54 Å². The zero-order valence-electron chi connectivity index (χ0n) is 19.6. The third-order valence-corrected chi connectivity index (χ3v) is 6.42. The van der Waals surface area contributed by atoms with E-state index in [1.807, 2.05) is 44.4 Å². The number of anilines is 2. The smallest absolute Gasteiger partial charge is 0.253 e. The van der Waals surface area contributed by atoms with Gasteiger partial charge in [-0.15, -0.1) is 0 Å². The summed E-state index contributed by atoms with van der Waals surface area (Å²) in [6.07, 6.45) is 0. The molecule has 0 saturated carbocycles. The zero-order valence-corrected chi connectivity index (χ0v) is 19.6. The molecule has 1 aliphatic rings. The quantitative estimate of drug-likeness (QED) is 0.504. The van der Waals surface area contributed by atoms with Gasteiger partial charge in [-0.2, -0.15) is 0 Å². The number of piperazine rings is 1. The van der Waals surface area contributed by atoms with Gasteiger partial charge < -0.3 is 19.9 Å². The van der Waals surface area contributed by atoms with Gasteiger partial charge in [-0.25, -0.2) is 0 Å². The number of methoxy groups -OCH3 is 1. The fraction of sp³-hybridized carbons (Fsp3) is 0.385. The number of rotatable bonds is 9. The Kier molecular flexibility index (Phi) is 7.11. The SMILES string of the molecule is COc1ccc([C@@H](CNc2c(N3CCN(Cc4ccccc4)CC3)c(=O)c2=O)N(C)C)cc1. The minimum atomic E-state index is -0.413. The molecule has 0 radical (unpaired) electrons. The molecule has 0 bridgehead atoms. The van der Waals surface area contributed by atoms with Crippen LogP contribution in [-0.4, -0.2) is 63.7 Å². The van der Waals surface area contributed by atoms with Crippen molar-refractivity contribution in [3.05, 3.63) is 86.2 Å². The van der Waals surface area contributed by atoms with Crippen molar-refractivity contribution in [1.82, 2.24) is 9.80 Å². The van der Waals surface area contributed by atoms with E-state index >= 15 is 0 Å². The lowest BCUT2D eigenvalue weighted by molar-refractivity contribution is 0.249. The van der Waals surface area contributed by atoms with Crippen LogP contribution in [0.3, 0.4) is 0 Å². The van der Waals surface area contributed by atoms with Crippen molar-refractivity contribution in [2.45, 2.75) is 12.6 Å². The molecule has 0 aliphatic carbocycles. The number of likely N-dealkylation sites (N-methyl/N-ethyl adjacent to an activating group) is 1. The van der Waals surface area contributed by atoms with Crippen molar-refractivity contribution >= 4 is 11.4 Å². The van der Waals surface area contributed by atoms with Gasteiger partial charge in [0.2, 0.25) is 0 Å². The van der Waals surface area contributed by atoms with Gasteiger partial charge in [0, 0.05) is 39.3 Å². The third kappa shape index (κ3) is 5.10. The summed E-state index contributed by atoms with van der Waals surface area (Å²) in [5, 5.41) is 3.29. The normalized spacial score (nSPS) is 15.7. The second-order valence-corrected chi connectivity index (χ2v) is 8.76. The van der Waals surface area contributed by atoms with Crippen molar-refractivity contribution in [2.75, 3.05) is 64.1 Å². The summed E-state index contributed by atoms with van der Waals surface area (Å²) in [6.45, 7) is 4.63. The first-order chi connectivity index (χ1) is 16.0. The van der Waals surface area contributed by atoms with Crippen LogP contribution in [0.4, 0.5) is 11.4 Å². The van der Waals surface area contributed by atoms with Crippen molar-refractivity contribution < 1.29 is 4.74 Å². The number of nitrogens with one attached hydrogen (secondary N) is 1. The summed E-state index contributed by atoms with van der Waals surface area (Å²) >= 11 is 0. The summed E-state index contributed by atoms with van der Waals surface area (Å²) in [5.41, 5.74) is 2.62. The van der Waals surface area contributed by atoms with Crippen molar-refractivity contribution in [1.29, 1.82) is 0 Å². The van der Waals surface area contributed by atoms with E-state index in [0.717, 1.165) is 44.0 Å². The lowest BCUT2D eigenvalue weighted by Crippen LogP contribution is -2.51. The second kappa shape index (κ2) is 10.2. The fourth-order valence-corrected chi connectivity index (χ4v) is 4.44. The highest BCUT2D eigenvalue weighted by Gasteiger charge is 2.29. The molecule has 3 aromatic rings. The van der Waals surface area contributed by atoms with Gasteiger partial charge >= 0.3 is 0 Å². The Morgan fingerprint density at radius 3 is 2.21 bits per heavy atom. The maximum Gasteiger partial charge on any atom is 0.253 e. The van der Waals surface area contributed by atoms with Crippen LogP contribution in [0.1, 0.15) is 17.2 Å². The summed E-state index contributed by atoms with van der Waals surface area (Å²) in [4.78, 5) is 31.4. The predicted molar refractivity (Wildman–Crippen MR) is 133 cm³/mol. The van der Waals surface area contributed by atoms with Crippen LogP contribution in [0.15, 0.2) is 64.2 Å². The third-order valence-electron chi connectivity index (χ3n) is 6.42. The Bertz CT molecular complexity index is 1110. The first-order valence-electron chi connectivity index (χ1n) is 11.4. The average Bonchev–Trinajstić information content (AvgIpc) is 2.84. The number of hydrogen-bond acceptors (Lipinski definition) is 7. The molecule has 0 unspecified atom stereocenters. The van der Waals surface area contributed by atoms with Gasteiger partial charge in [0.05, 0.1) is 13.2 Å². The molecule has 1 aliphatic heterocycles. The van der Waals surface area contributed by atoms with E-state index in [1.54, 1.807) is 7.11 Å². The van der Waals surface area contributed by atoms with Crippen LogP contribution >= 0.6 is 0 Å². The molecular weight excluding hydrogens is 416 g/mol. The maximum atomic E-state index is 12.4. The van der Waals surface area contributed by atoms with Crippen LogP contribution in [0.5, 0.6) is 5.75 Å². The monoisotopic (exact) mass is 448 g/mol. The zero-order chi connectivity index (χ0) is 23.4. The van der Waals surface area contributed by atoms with E-state index < -0.39 is 5.43 Å². The van der Waals surface area contributed by atoms with E-state index in [0.29, 0.717) is 17.9 Å². The molecule has 3 aromatic carbocycles. The van der Waals surface area contributed by atoms with Crippen LogP contribution in [0.25, 0.3) is 0 Å². The molecule has 0 aromatic heterocycles. The van der Waals surface area contributed by atoms with Crippen LogP contribution < -0.4 is 25.8 Å². The van der Waals surface area contributed by atoms with Gasteiger partial charge in [-0.1, -0.05) is 42.5 Å². The molecule has 4 rings (SSSR count). The Morgan fingerprint density at radius 1 is 0.939 bits per heavy atom. The molecule has 1 N–H and O–H groups in total. The first kappa shape index (κ1) is 23.0. The molecule has 7 heteroatoms. The number of benzene rings is 2. The van der Waals surface area contributed by atoms with Crippen LogP contribution in [0.2, 0.25) is 0 Å². The summed E-state index contributed by atoms with van der Waals surface area (Å²) in [6, 6.07) is 18.4. The first-order valence-corrected chi connectivity index (χ1v) is 11.4. The molecule has 1 atom stereocenters. The van der Waals surface area contributed by atoms with E-state index in [2.05, 4.69) is 44.3 Å². The molecule has 1 fully saturated rings. The van der Waals surface area contributed by atoms with Gasteiger partial charge in [-0.05, 0) is 37.4 Å². The molecule has 33 heavy (non-hydrogen) atoms.